The molecule has 1 heterocycles. The fourth-order valence-electron chi connectivity index (χ4n) is 1.76. The van der Waals surface area contributed by atoms with Gasteiger partial charge in [0.15, 0.2) is 5.11 Å². The number of carbonyl (C=O) groups excluding carboxylic acids is 2. The van der Waals surface area contributed by atoms with Crippen LogP contribution < -0.4 is 16.2 Å². The Kier molecular flexibility index (Phi) is 6.21. The van der Waals surface area contributed by atoms with E-state index < -0.39 is 0 Å². The molecule has 2 aromatic rings. The van der Waals surface area contributed by atoms with Gasteiger partial charge >= 0.3 is 5.97 Å². The first-order valence-corrected chi connectivity index (χ1v) is 7.55. The molecule has 0 spiro atoms. The Morgan fingerprint density at radius 1 is 1.04 bits per heavy atom. The zero-order valence-corrected chi connectivity index (χ0v) is 13.7. The number of thiocarbonyl (C=S) groups is 1. The van der Waals surface area contributed by atoms with Crippen LogP contribution in [-0.2, 0) is 4.74 Å². The summed E-state index contributed by atoms with van der Waals surface area (Å²) in [6, 6.07) is 9.79. The number of hydrogen-bond acceptors (Lipinski definition) is 5. The fourth-order valence-corrected chi connectivity index (χ4v) is 1.92. The van der Waals surface area contributed by atoms with Gasteiger partial charge in [-0.3, -0.25) is 20.6 Å². The molecule has 0 bridgehead atoms. The zero-order chi connectivity index (χ0) is 17.4. The van der Waals surface area contributed by atoms with Crippen LogP contribution in [0.1, 0.15) is 27.6 Å². The topological polar surface area (TPSA) is 92.4 Å². The van der Waals surface area contributed by atoms with E-state index >= 15 is 0 Å². The molecule has 7 nitrogen and oxygen atoms in total. The van der Waals surface area contributed by atoms with Gasteiger partial charge in [0.25, 0.3) is 5.91 Å². The minimum atomic E-state index is -0.380. The quantitative estimate of drug-likeness (QED) is 0.443. The highest BCUT2D eigenvalue weighted by Crippen LogP contribution is 2.10. The molecule has 3 N–H and O–H groups in total. The summed E-state index contributed by atoms with van der Waals surface area (Å²) in [6.07, 6.45) is 3.05. The molecule has 124 valence electrons. The third-order valence-electron chi connectivity index (χ3n) is 2.89. The van der Waals surface area contributed by atoms with E-state index in [0.717, 1.165) is 0 Å². The number of amides is 1. The number of nitrogens with zero attached hydrogens (tertiary/aromatic N) is 1. The second-order valence-electron chi connectivity index (χ2n) is 4.57. The second-order valence-corrected chi connectivity index (χ2v) is 4.98. The first-order chi connectivity index (χ1) is 11.6. The van der Waals surface area contributed by atoms with Crippen LogP contribution in [0.25, 0.3) is 0 Å². The molecule has 0 unspecified atom stereocenters. The van der Waals surface area contributed by atoms with Crippen molar-refractivity contribution in [3.63, 3.8) is 0 Å². The minimum absolute atomic E-state index is 0.210. The highest BCUT2D eigenvalue weighted by Gasteiger charge is 2.07. The monoisotopic (exact) mass is 344 g/mol. The van der Waals surface area contributed by atoms with Crippen molar-refractivity contribution in [1.82, 2.24) is 15.8 Å². The van der Waals surface area contributed by atoms with E-state index in [1.54, 1.807) is 43.3 Å². The number of hydrazine groups is 1. The maximum Gasteiger partial charge on any atom is 0.338 e. The number of benzene rings is 1. The van der Waals surface area contributed by atoms with Crippen molar-refractivity contribution >= 4 is 34.9 Å². The Morgan fingerprint density at radius 3 is 2.33 bits per heavy atom. The predicted molar refractivity (Wildman–Crippen MR) is 93.5 cm³/mol. The van der Waals surface area contributed by atoms with Crippen LogP contribution in [0.3, 0.4) is 0 Å². The normalized spacial score (nSPS) is 9.71. The van der Waals surface area contributed by atoms with E-state index in [2.05, 4.69) is 21.2 Å². The standard InChI is InChI=1S/C16H16N4O3S/c1-2-23-15(22)12-3-5-13(6-4-12)18-16(24)20-19-14(21)11-7-9-17-10-8-11/h3-10H,2H2,1H3,(H,19,21)(H2,18,20,24). The number of ether oxygens (including phenoxy) is 1. The first-order valence-electron chi connectivity index (χ1n) is 7.14. The Morgan fingerprint density at radius 2 is 1.71 bits per heavy atom. The number of anilines is 1. The molecule has 0 radical (unpaired) electrons. The van der Waals surface area contributed by atoms with E-state index in [9.17, 15) is 9.59 Å². The average molecular weight is 344 g/mol. The summed E-state index contributed by atoms with van der Waals surface area (Å²) in [4.78, 5) is 27.2. The smallest absolute Gasteiger partial charge is 0.338 e. The molecular formula is C16H16N4O3S. The highest BCUT2D eigenvalue weighted by molar-refractivity contribution is 7.80. The second kappa shape index (κ2) is 8.59. The number of rotatable bonds is 4. The molecule has 0 saturated carbocycles. The van der Waals surface area contributed by atoms with Crippen LogP contribution in [-0.4, -0.2) is 28.6 Å². The Bertz CT molecular complexity index is 720. The van der Waals surface area contributed by atoms with Crippen molar-refractivity contribution < 1.29 is 14.3 Å². The lowest BCUT2D eigenvalue weighted by Crippen LogP contribution is -2.43. The van der Waals surface area contributed by atoms with Crippen molar-refractivity contribution in [1.29, 1.82) is 0 Å². The van der Waals surface area contributed by atoms with Crippen LogP contribution in [0, 0.1) is 0 Å². The highest BCUT2D eigenvalue weighted by atomic mass is 32.1. The maximum absolute atomic E-state index is 11.8. The number of hydrogen-bond donors (Lipinski definition) is 3. The minimum Gasteiger partial charge on any atom is -0.462 e. The lowest BCUT2D eigenvalue weighted by atomic mass is 10.2. The van der Waals surface area contributed by atoms with E-state index in [0.29, 0.717) is 23.4 Å². The largest absolute Gasteiger partial charge is 0.462 e. The van der Waals surface area contributed by atoms with Gasteiger partial charge < -0.3 is 10.1 Å². The molecule has 1 aromatic heterocycles. The molecule has 0 saturated heterocycles. The number of pyridine rings is 1. The lowest BCUT2D eigenvalue weighted by Gasteiger charge is -2.12. The molecule has 0 aliphatic carbocycles. The van der Waals surface area contributed by atoms with Crippen LogP contribution >= 0.6 is 12.2 Å². The molecule has 24 heavy (non-hydrogen) atoms. The number of aromatic nitrogens is 1. The Balaban J connectivity index is 1.84. The van der Waals surface area contributed by atoms with Crippen molar-refractivity contribution in [2.24, 2.45) is 0 Å². The van der Waals surface area contributed by atoms with Crippen molar-refractivity contribution in [2.45, 2.75) is 6.92 Å². The van der Waals surface area contributed by atoms with Gasteiger partial charge in [-0.15, -0.1) is 0 Å². The molecule has 2 rings (SSSR count). The predicted octanol–water partition coefficient (Wildman–Crippen LogP) is 1.89. The van der Waals surface area contributed by atoms with Gasteiger partial charge in [-0.25, -0.2) is 4.79 Å². The van der Waals surface area contributed by atoms with E-state index in [-0.39, 0.29) is 17.0 Å². The number of carbonyl (C=O) groups is 2. The van der Waals surface area contributed by atoms with E-state index in [4.69, 9.17) is 17.0 Å². The van der Waals surface area contributed by atoms with Crippen molar-refractivity contribution in [3.8, 4) is 0 Å². The summed E-state index contributed by atoms with van der Waals surface area (Å²) in [7, 11) is 0. The Hall–Kier alpha value is -3.00. The first kappa shape index (κ1) is 17.4. The molecule has 1 amide bonds. The van der Waals surface area contributed by atoms with E-state index in [1.165, 1.54) is 12.4 Å². The van der Waals surface area contributed by atoms with Crippen molar-refractivity contribution in [3.05, 3.63) is 59.9 Å². The molecule has 0 aliphatic heterocycles. The third kappa shape index (κ3) is 5.03. The summed E-state index contributed by atoms with van der Waals surface area (Å²) in [5, 5.41) is 3.10. The van der Waals surface area contributed by atoms with Gasteiger partial charge in [-0.1, -0.05) is 0 Å². The summed E-state index contributed by atoms with van der Waals surface area (Å²) in [5.74, 6) is -0.714. The fraction of sp³-hybridized carbons (Fsp3) is 0.125. The van der Waals surface area contributed by atoms with Gasteiger partial charge in [0.1, 0.15) is 0 Å². The van der Waals surface area contributed by atoms with Gasteiger partial charge in [-0.05, 0) is 55.5 Å². The average Bonchev–Trinajstić information content (AvgIpc) is 2.61. The molecule has 0 aliphatic rings. The summed E-state index contributed by atoms with van der Waals surface area (Å²) >= 11 is 5.09. The maximum atomic E-state index is 11.8. The summed E-state index contributed by atoms with van der Waals surface area (Å²) in [6.45, 7) is 2.07. The van der Waals surface area contributed by atoms with E-state index in [1.807, 2.05) is 0 Å². The van der Waals surface area contributed by atoms with Gasteiger partial charge in [0.05, 0.1) is 12.2 Å². The van der Waals surface area contributed by atoms with Gasteiger partial charge in [-0.2, -0.15) is 0 Å². The molecule has 1 aromatic carbocycles. The van der Waals surface area contributed by atoms with Crippen molar-refractivity contribution in [2.75, 3.05) is 11.9 Å². The van der Waals surface area contributed by atoms with Gasteiger partial charge in [0.2, 0.25) is 0 Å². The molecule has 0 fully saturated rings. The molecular weight excluding hydrogens is 328 g/mol. The summed E-state index contributed by atoms with van der Waals surface area (Å²) < 4.78 is 4.91. The van der Waals surface area contributed by atoms with Crippen LogP contribution in [0.15, 0.2) is 48.8 Å². The van der Waals surface area contributed by atoms with Crippen LogP contribution in [0.4, 0.5) is 5.69 Å². The molecule has 0 atom stereocenters. The number of nitrogens with one attached hydrogen (secondary N) is 3. The molecule has 8 heteroatoms. The van der Waals surface area contributed by atoms with Crippen LogP contribution in [0.2, 0.25) is 0 Å². The lowest BCUT2D eigenvalue weighted by molar-refractivity contribution is 0.0526. The number of esters is 1. The summed E-state index contributed by atoms with van der Waals surface area (Å²) in [5.41, 5.74) is 6.64. The SMILES string of the molecule is CCOC(=O)c1ccc(NC(=S)NNC(=O)c2ccncc2)cc1. The van der Waals surface area contributed by atoms with Crippen LogP contribution in [0.5, 0.6) is 0 Å². The Labute approximate surface area is 144 Å². The zero-order valence-electron chi connectivity index (χ0n) is 12.9. The third-order valence-corrected chi connectivity index (χ3v) is 3.09. The van der Waals surface area contributed by atoms with Gasteiger partial charge in [0, 0.05) is 23.6 Å².